The third-order valence-electron chi connectivity index (χ3n) is 10.2. The van der Waals surface area contributed by atoms with Crippen molar-refractivity contribution >= 4 is 5.91 Å². The Bertz CT molecular complexity index is 936. The van der Waals surface area contributed by atoms with Crippen LogP contribution in [0.3, 0.4) is 0 Å². The number of hydrogen-bond acceptors (Lipinski definition) is 8. The first-order chi connectivity index (χ1) is 24.4. The van der Waals surface area contributed by atoms with Crippen molar-refractivity contribution in [1.82, 2.24) is 5.32 Å². The van der Waals surface area contributed by atoms with Gasteiger partial charge in [0.05, 0.1) is 25.4 Å². The molecule has 1 amide bonds. The Balaban J connectivity index is 1.72. The summed E-state index contributed by atoms with van der Waals surface area (Å²) in [5, 5.41) is 44.5. The van der Waals surface area contributed by atoms with Crippen molar-refractivity contribution in [3.8, 4) is 0 Å². The highest BCUT2D eigenvalue weighted by atomic mass is 16.7. The van der Waals surface area contributed by atoms with Crippen molar-refractivity contribution in [2.24, 2.45) is 0 Å². The standard InChI is InChI=1S/C41H73NO8/c1-3-4-5-6-7-8-9-10-11-12-15-18-24-29-35(44)34(32-49-41-40(48-2)39(47)38(46)36(31-43)50-41)42-37(45)30-25-19-16-13-14-17-21-26-33-27-22-20-23-28-33/h20,22-23,27-28,34-36,38-41,43-44,46-47H,3-19,21,24-26,29-32H2,1-2H3,(H,42,45)/t34-,35?,36?,38?,39?,40?,41?/m0/s1. The third-order valence-corrected chi connectivity index (χ3v) is 10.2. The molecule has 0 radical (unpaired) electrons. The van der Waals surface area contributed by atoms with Crippen LogP contribution in [0.2, 0.25) is 0 Å². The van der Waals surface area contributed by atoms with E-state index in [1.54, 1.807) is 0 Å². The van der Waals surface area contributed by atoms with E-state index in [0.717, 1.165) is 44.9 Å². The summed E-state index contributed by atoms with van der Waals surface area (Å²) in [6, 6.07) is 9.94. The van der Waals surface area contributed by atoms with Crippen LogP contribution in [0.15, 0.2) is 30.3 Å². The van der Waals surface area contributed by atoms with Crippen molar-refractivity contribution in [3.05, 3.63) is 35.9 Å². The van der Waals surface area contributed by atoms with E-state index in [1.165, 1.54) is 103 Å². The maximum absolute atomic E-state index is 13.0. The van der Waals surface area contributed by atoms with Crippen LogP contribution < -0.4 is 5.32 Å². The van der Waals surface area contributed by atoms with Crippen LogP contribution in [0.25, 0.3) is 0 Å². The van der Waals surface area contributed by atoms with E-state index < -0.39 is 49.5 Å². The Morgan fingerprint density at radius 1 is 0.780 bits per heavy atom. The van der Waals surface area contributed by atoms with E-state index in [2.05, 4.69) is 42.6 Å². The molecular weight excluding hydrogens is 634 g/mol. The molecule has 2 rings (SSSR count). The lowest BCUT2D eigenvalue weighted by atomic mass is 9.99. The van der Waals surface area contributed by atoms with E-state index in [1.807, 2.05) is 0 Å². The summed E-state index contributed by atoms with van der Waals surface area (Å²) >= 11 is 0. The van der Waals surface area contributed by atoms with Crippen molar-refractivity contribution in [3.63, 3.8) is 0 Å². The van der Waals surface area contributed by atoms with Gasteiger partial charge in [-0.3, -0.25) is 4.79 Å². The summed E-state index contributed by atoms with van der Waals surface area (Å²) in [4.78, 5) is 13.0. The lowest BCUT2D eigenvalue weighted by molar-refractivity contribution is -0.307. The van der Waals surface area contributed by atoms with Gasteiger partial charge < -0.3 is 40.0 Å². The number of carbonyl (C=O) groups is 1. The fraction of sp³-hybridized carbons (Fsp3) is 0.829. The summed E-state index contributed by atoms with van der Waals surface area (Å²) in [5.74, 6) is -0.123. The summed E-state index contributed by atoms with van der Waals surface area (Å²) < 4.78 is 17.0. The molecule has 9 heteroatoms. The molecule has 6 unspecified atom stereocenters. The highest BCUT2D eigenvalue weighted by Gasteiger charge is 2.45. The summed E-state index contributed by atoms with van der Waals surface area (Å²) in [6.07, 6.45) is 19.4. The van der Waals surface area contributed by atoms with Gasteiger partial charge >= 0.3 is 0 Å². The van der Waals surface area contributed by atoms with Crippen LogP contribution in [0.5, 0.6) is 0 Å². The second kappa shape index (κ2) is 28.9. The molecular formula is C41H73NO8. The van der Waals surface area contributed by atoms with Gasteiger partial charge in [-0.2, -0.15) is 0 Å². The zero-order valence-corrected chi connectivity index (χ0v) is 31.5. The Morgan fingerprint density at radius 2 is 1.32 bits per heavy atom. The minimum Gasteiger partial charge on any atom is -0.394 e. The molecule has 1 aromatic carbocycles. The minimum absolute atomic E-state index is 0.0557. The number of methoxy groups -OCH3 is 1. The van der Waals surface area contributed by atoms with Gasteiger partial charge in [-0.1, -0.05) is 153 Å². The molecule has 9 nitrogen and oxygen atoms in total. The average molecular weight is 708 g/mol. The molecule has 0 aromatic heterocycles. The predicted molar refractivity (Wildman–Crippen MR) is 200 cm³/mol. The largest absolute Gasteiger partial charge is 0.394 e. The van der Waals surface area contributed by atoms with E-state index in [4.69, 9.17) is 14.2 Å². The molecule has 1 fully saturated rings. The number of aliphatic hydroxyl groups excluding tert-OH is 4. The summed E-state index contributed by atoms with van der Waals surface area (Å²) in [6.45, 7) is 1.70. The molecule has 290 valence electrons. The highest BCUT2D eigenvalue weighted by molar-refractivity contribution is 5.76. The van der Waals surface area contributed by atoms with E-state index in [-0.39, 0.29) is 12.5 Å². The molecule has 1 aliphatic rings. The Morgan fingerprint density at radius 3 is 1.88 bits per heavy atom. The first-order valence-electron chi connectivity index (χ1n) is 20.2. The normalized spacial score (nSPS) is 22.0. The van der Waals surface area contributed by atoms with Gasteiger partial charge in [0, 0.05) is 13.5 Å². The molecule has 1 saturated heterocycles. The molecule has 1 aliphatic heterocycles. The number of amides is 1. The summed E-state index contributed by atoms with van der Waals surface area (Å²) in [7, 11) is 1.38. The van der Waals surface area contributed by atoms with Crippen LogP contribution in [0, 0.1) is 0 Å². The van der Waals surface area contributed by atoms with Gasteiger partial charge in [0.25, 0.3) is 0 Å². The van der Waals surface area contributed by atoms with E-state index >= 15 is 0 Å². The number of rotatable bonds is 31. The van der Waals surface area contributed by atoms with Crippen LogP contribution in [-0.4, -0.2) is 89.5 Å². The fourth-order valence-corrected chi connectivity index (χ4v) is 6.88. The van der Waals surface area contributed by atoms with Gasteiger partial charge in [0.1, 0.15) is 24.4 Å². The molecule has 1 aromatic rings. The second-order valence-corrected chi connectivity index (χ2v) is 14.5. The first kappa shape index (κ1) is 44.6. The molecule has 5 N–H and O–H groups in total. The number of carbonyl (C=O) groups excluding carboxylic acids is 1. The molecule has 50 heavy (non-hydrogen) atoms. The summed E-state index contributed by atoms with van der Waals surface area (Å²) in [5.41, 5.74) is 1.40. The predicted octanol–water partition coefficient (Wildman–Crippen LogP) is 7.15. The van der Waals surface area contributed by atoms with Crippen LogP contribution >= 0.6 is 0 Å². The van der Waals surface area contributed by atoms with Crippen molar-refractivity contribution < 1.29 is 39.4 Å². The molecule has 0 spiro atoms. The van der Waals surface area contributed by atoms with Gasteiger partial charge in [-0.25, -0.2) is 0 Å². The molecule has 0 saturated carbocycles. The maximum atomic E-state index is 13.0. The third kappa shape index (κ3) is 19.3. The second-order valence-electron chi connectivity index (χ2n) is 14.5. The fourth-order valence-electron chi connectivity index (χ4n) is 6.88. The quantitative estimate of drug-likeness (QED) is 0.0514. The minimum atomic E-state index is -1.32. The number of hydrogen-bond donors (Lipinski definition) is 5. The number of aryl methyl sites for hydroxylation is 1. The number of aliphatic hydroxyl groups is 4. The first-order valence-corrected chi connectivity index (χ1v) is 20.2. The van der Waals surface area contributed by atoms with Gasteiger partial charge in [0.15, 0.2) is 6.29 Å². The highest BCUT2D eigenvalue weighted by Crippen LogP contribution is 2.25. The molecule has 1 heterocycles. The topological polar surface area (TPSA) is 138 Å². The van der Waals surface area contributed by atoms with Crippen LogP contribution in [-0.2, 0) is 25.4 Å². The number of unbranched alkanes of at least 4 members (excludes halogenated alkanes) is 18. The van der Waals surface area contributed by atoms with Crippen LogP contribution in [0.1, 0.15) is 154 Å². The smallest absolute Gasteiger partial charge is 0.220 e. The van der Waals surface area contributed by atoms with E-state index in [9.17, 15) is 25.2 Å². The lowest BCUT2D eigenvalue weighted by Crippen LogP contribution is -2.60. The zero-order chi connectivity index (χ0) is 36.2. The van der Waals surface area contributed by atoms with Gasteiger partial charge in [-0.15, -0.1) is 0 Å². The Kier molecular flexibility index (Phi) is 25.8. The molecule has 7 atom stereocenters. The number of ether oxygens (including phenoxy) is 3. The van der Waals surface area contributed by atoms with Gasteiger partial charge in [0.2, 0.25) is 5.91 Å². The zero-order valence-electron chi connectivity index (χ0n) is 31.5. The average Bonchev–Trinajstić information content (AvgIpc) is 3.12. The van der Waals surface area contributed by atoms with Gasteiger partial charge in [-0.05, 0) is 31.2 Å². The van der Waals surface area contributed by atoms with E-state index in [0.29, 0.717) is 12.8 Å². The van der Waals surface area contributed by atoms with Crippen LogP contribution in [0.4, 0.5) is 0 Å². The van der Waals surface area contributed by atoms with Crippen molar-refractivity contribution in [2.45, 2.75) is 197 Å². The lowest BCUT2D eigenvalue weighted by Gasteiger charge is -2.41. The van der Waals surface area contributed by atoms with Crippen molar-refractivity contribution in [2.75, 3.05) is 20.3 Å². The number of benzene rings is 1. The van der Waals surface area contributed by atoms with Crippen molar-refractivity contribution in [1.29, 1.82) is 0 Å². The maximum Gasteiger partial charge on any atom is 0.220 e. The molecule has 0 aliphatic carbocycles. The monoisotopic (exact) mass is 708 g/mol. The Labute approximate surface area is 303 Å². The SMILES string of the molecule is CCCCCCCCCCCCCCCC(O)[C@H](COC1OC(CO)C(O)C(O)C1OC)NC(=O)CCCCCCCCCc1ccccc1. The number of nitrogens with one attached hydrogen (secondary N) is 1. The Hall–Kier alpha value is -1.59. The molecule has 0 bridgehead atoms.